The summed E-state index contributed by atoms with van der Waals surface area (Å²) in [5.41, 5.74) is 2.82. The van der Waals surface area contributed by atoms with E-state index in [9.17, 15) is 4.39 Å². The molecule has 0 amide bonds. The summed E-state index contributed by atoms with van der Waals surface area (Å²) in [5.74, 6) is 2.78. The van der Waals surface area contributed by atoms with Gasteiger partial charge in [-0.15, -0.1) is 0 Å². The van der Waals surface area contributed by atoms with Crippen LogP contribution in [0.15, 0.2) is 65.3 Å². The predicted molar refractivity (Wildman–Crippen MR) is 115 cm³/mol. The predicted octanol–water partition coefficient (Wildman–Crippen LogP) is 5.22. The molecule has 1 atom stereocenters. The van der Waals surface area contributed by atoms with Crippen LogP contribution in [0.3, 0.4) is 0 Å². The largest absolute Gasteiger partial charge is 0.497 e. The molecule has 3 heterocycles. The van der Waals surface area contributed by atoms with Crippen molar-refractivity contribution in [3.63, 3.8) is 0 Å². The number of hydrogen-bond donors (Lipinski definition) is 1. The Bertz CT molecular complexity index is 1170. The summed E-state index contributed by atoms with van der Waals surface area (Å²) >= 11 is 0. The van der Waals surface area contributed by atoms with Gasteiger partial charge in [0.05, 0.1) is 37.8 Å². The first-order chi connectivity index (χ1) is 15.2. The summed E-state index contributed by atoms with van der Waals surface area (Å²) in [5, 5.41) is 0. The Labute approximate surface area is 179 Å². The zero-order valence-electron chi connectivity index (χ0n) is 17.2. The zero-order valence-corrected chi connectivity index (χ0v) is 17.2. The fourth-order valence-corrected chi connectivity index (χ4v) is 4.07. The number of likely N-dealkylation sites (tertiary alicyclic amines) is 1. The van der Waals surface area contributed by atoms with Gasteiger partial charge < -0.3 is 14.1 Å². The number of aromatic nitrogens is 3. The Hall–Kier alpha value is -3.45. The van der Waals surface area contributed by atoms with Gasteiger partial charge in [-0.05, 0) is 55.8 Å². The van der Waals surface area contributed by atoms with E-state index in [0.29, 0.717) is 18.2 Å². The molecule has 1 fully saturated rings. The van der Waals surface area contributed by atoms with E-state index >= 15 is 0 Å². The molecule has 1 aliphatic heterocycles. The number of H-pyrrole nitrogens is 1. The van der Waals surface area contributed by atoms with Gasteiger partial charge in [0, 0.05) is 11.1 Å². The van der Waals surface area contributed by atoms with Gasteiger partial charge >= 0.3 is 0 Å². The van der Waals surface area contributed by atoms with Crippen LogP contribution >= 0.6 is 0 Å². The van der Waals surface area contributed by atoms with Gasteiger partial charge in [-0.3, -0.25) is 4.90 Å². The van der Waals surface area contributed by atoms with Crippen LogP contribution in [0.2, 0.25) is 0 Å². The quantitative estimate of drug-likeness (QED) is 0.465. The molecular formula is C24H23FN4O2. The summed E-state index contributed by atoms with van der Waals surface area (Å²) in [6.45, 7) is 1.55. The third-order valence-electron chi connectivity index (χ3n) is 5.68. The van der Waals surface area contributed by atoms with Crippen LogP contribution < -0.4 is 4.74 Å². The Morgan fingerprint density at radius 2 is 2.00 bits per heavy atom. The molecule has 0 unspecified atom stereocenters. The van der Waals surface area contributed by atoms with E-state index in [4.69, 9.17) is 9.15 Å². The molecule has 1 aliphatic rings. The molecule has 1 N–H and O–H groups in total. The summed E-state index contributed by atoms with van der Waals surface area (Å²) in [4.78, 5) is 14.9. The third-order valence-corrected chi connectivity index (χ3v) is 5.68. The highest BCUT2D eigenvalue weighted by molar-refractivity contribution is 5.60. The lowest BCUT2D eigenvalue weighted by atomic mass is 10.1. The van der Waals surface area contributed by atoms with E-state index in [1.807, 2.05) is 30.5 Å². The van der Waals surface area contributed by atoms with Gasteiger partial charge in [-0.25, -0.2) is 14.4 Å². The highest BCUT2D eigenvalue weighted by Gasteiger charge is 2.29. The third kappa shape index (κ3) is 4.09. The highest BCUT2D eigenvalue weighted by Crippen LogP contribution is 2.33. The summed E-state index contributed by atoms with van der Waals surface area (Å²) in [7, 11) is 1.66. The average Bonchev–Trinajstić information content (AvgIpc) is 3.55. The molecule has 4 aromatic rings. The lowest BCUT2D eigenvalue weighted by Crippen LogP contribution is -2.23. The van der Waals surface area contributed by atoms with Crippen LogP contribution in [0.5, 0.6) is 5.75 Å². The number of benzene rings is 2. The molecule has 31 heavy (non-hydrogen) atoms. The van der Waals surface area contributed by atoms with Crippen molar-refractivity contribution in [2.75, 3.05) is 13.7 Å². The first kappa shape index (κ1) is 19.5. The van der Waals surface area contributed by atoms with Crippen molar-refractivity contribution in [3.8, 4) is 28.3 Å². The molecule has 0 spiro atoms. The number of hydrogen-bond acceptors (Lipinski definition) is 5. The molecule has 5 rings (SSSR count). The van der Waals surface area contributed by atoms with E-state index < -0.39 is 0 Å². The minimum absolute atomic E-state index is 0.181. The summed E-state index contributed by atoms with van der Waals surface area (Å²) < 4.78 is 24.4. The minimum Gasteiger partial charge on any atom is -0.497 e. The van der Waals surface area contributed by atoms with Crippen molar-refractivity contribution in [1.29, 1.82) is 0 Å². The molecule has 0 radical (unpaired) electrons. The van der Waals surface area contributed by atoms with E-state index in [-0.39, 0.29) is 11.9 Å². The van der Waals surface area contributed by atoms with Crippen molar-refractivity contribution in [1.82, 2.24) is 19.9 Å². The standard InChI is InChI=1S/C24H23FN4O2/c1-30-19-5-2-4-17(12-19)20-13-27-24(28-20)21-6-3-11-29(21)15-23-26-14-22(31-23)16-7-9-18(25)10-8-16/h2,4-5,7-10,12-14,21H,3,6,11,15H2,1H3,(H,27,28)/t21-/m1/s1. The Morgan fingerprint density at radius 3 is 2.84 bits per heavy atom. The molecule has 6 nitrogen and oxygen atoms in total. The number of rotatable bonds is 6. The number of ether oxygens (including phenoxy) is 1. The van der Waals surface area contributed by atoms with Gasteiger partial charge in [-0.1, -0.05) is 12.1 Å². The molecular weight excluding hydrogens is 395 g/mol. The summed E-state index contributed by atoms with van der Waals surface area (Å²) in [6, 6.07) is 14.3. The Balaban J connectivity index is 1.32. The monoisotopic (exact) mass is 418 g/mol. The molecule has 2 aromatic carbocycles. The van der Waals surface area contributed by atoms with Crippen LogP contribution in [0.25, 0.3) is 22.6 Å². The van der Waals surface area contributed by atoms with Gasteiger partial charge in [0.1, 0.15) is 17.4 Å². The molecule has 1 saturated heterocycles. The van der Waals surface area contributed by atoms with Crippen LogP contribution in [0.4, 0.5) is 4.39 Å². The first-order valence-electron chi connectivity index (χ1n) is 10.3. The minimum atomic E-state index is -0.268. The van der Waals surface area contributed by atoms with Crippen molar-refractivity contribution >= 4 is 0 Å². The number of oxazole rings is 1. The first-order valence-corrected chi connectivity index (χ1v) is 10.3. The maximum absolute atomic E-state index is 13.2. The number of methoxy groups -OCH3 is 1. The number of imidazole rings is 1. The lowest BCUT2D eigenvalue weighted by Gasteiger charge is -2.21. The smallest absolute Gasteiger partial charge is 0.209 e. The lowest BCUT2D eigenvalue weighted by molar-refractivity contribution is 0.218. The van der Waals surface area contributed by atoms with E-state index in [0.717, 1.165) is 47.8 Å². The van der Waals surface area contributed by atoms with E-state index in [1.165, 1.54) is 12.1 Å². The van der Waals surface area contributed by atoms with E-state index in [1.54, 1.807) is 25.4 Å². The number of aromatic amines is 1. The van der Waals surface area contributed by atoms with Gasteiger partial charge in [0.2, 0.25) is 5.89 Å². The molecule has 158 valence electrons. The maximum atomic E-state index is 13.2. The zero-order chi connectivity index (χ0) is 21.2. The van der Waals surface area contributed by atoms with Crippen molar-refractivity contribution in [2.24, 2.45) is 0 Å². The van der Waals surface area contributed by atoms with Crippen molar-refractivity contribution in [2.45, 2.75) is 25.4 Å². The fraction of sp³-hybridized carbons (Fsp3) is 0.250. The normalized spacial score (nSPS) is 16.6. The van der Waals surface area contributed by atoms with Gasteiger partial charge in [0.15, 0.2) is 5.76 Å². The van der Waals surface area contributed by atoms with Crippen molar-refractivity contribution in [3.05, 3.63) is 78.5 Å². The SMILES string of the molecule is COc1cccc(-c2cnc([C@H]3CCCN3Cc3ncc(-c4ccc(F)cc4)o3)[nH]2)c1. The van der Waals surface area contributed by atoms with Crippen LogP contribution in [0, 0.1) is 5.82 Å². The van der Waals surface area contributed by atoms with Crippen LogP contribution in [0.1, 0.15) is 30.6 Å². The second-order valence-corrected chi connectivity index (χ2v) is 7.67. The summed E-state index contributed by atoms with van der Waals surface area (Å²) in [6.07, 6.45) is 5.68. The molecule has 7 heteroatoms. The van der Waals surface area contributed by atoms with Crippen molar-refractivity contribution < 1.29 is 13.5 Å². The van der Waals surface area contributed by atoms with Crippen LogP contribution in [-0.2, 0) is 6.54 Å². The second-order valence-electron chi connectivity index (χ2n) is 7.67. The Morgan fingerprint density at radius 1 is 1.13 bits per heavy atom. The van der Waals surface area contributed by atoms with Gasteiger partial charge in [-0.2, -0.15) is 0 Å². The molecule has 0 saturated carbocycles. The average molecular weight is 418 g/mol. The highest BCUT2D eigenvalue weighted by atomic mass is 19.1. The Kier molecular flexibility index (Phi) is 5.26. The maximum Gasteiger partial charge on any atom is 0.209 e. The van der Waals surface area contributed by atoms with Crippen LogP contribution in [-0.4, -0.2) is 33.5 Å². The number of nitrogens with zero attached hydrogens (tertiary/aromatic N) is 3. The van der Waals surface area contributed by atoms with Gasteiger partial charge in [0.25, 0.3) is 0 Å². The number of nitrogens with one attached hydrogen (secondary N) is 1. The van der Waals surface area contributed by atoms with E-state index in [2.05, 4.69) is 19.9 Å². The molecule has 0 aliphatic carbocycles. The topological polar surface area (TPSA) is 67.2 Å². The molecule has 2 aromatic heterocycles. The fourth-order valence-electron chi connectivity index (χ4n) is 4.07. The number of halogens is 1. The molecule has 0 bridgehead atoms. The second kappa shape index (κ2) is 8.35.